The summed E-state index contributed by atoms with van der Waals surface area (Å²) in [5.74, 6) is -2.37. The molecule has 0 radical (unpaired) electrons. The van der Waals surface area contributed by atoms with E-state index >= 15 is 0 Å². The Morgan fingerprint density at radius 1 is 1.12 bits per heavy atom. The Labute approximate surface area is 188 Å². The minimum atomic E-state index is -4.87. The van der Waals surface area contributed by atoms with Gasteiger partial charge < -0.3 is 14.2 Å². The van der Waals surface area contributed by atoms with Gasteiger partial charge in [0.25, 0.3) is 11.6 Å². The smallest absolute Gasteiger partial charge is 0.417 e. The Bertz CT molecular complexity index is 1220. The van der Waals surface area contributed by atoms with Gasteiger partial charge in [-0.3, -0.25) is 9.59 Å². The van der Waals surface area contributed by atoms with Gasteiger partial charge in [0.2, 0.25) is 0 Å². The number of ether oxygens (including phenoxy) is 1. The van der Waals surface area contributed by atoms with Crippen molar-refractivity contribution in [3.8, 4) is 11.3 Å². The van der Waals surface area contributed by atoms with Gasteiger partial charge in [-0.25, -0.2) is 4.98 Å². The minimum Gasteiger partial charge on any atom is -0.465 e. The fourth-order valence-corrected chi connectivity index (χ4v) is 3.30. The van der Waals surface area contributed by atoms with Crippen molar-refractivity contribution < 1.29 is 45.2 Å². The highest BCUT2D eigenvalue weighted by molar-refractivity contribution is 6.07. The zero-order valence-corrected chi connectivity index (χ0v) is 17.8. The number of pyridine rings is 1. The molecule has 3 rings (SSSR count). The number of benzene rings is 1. The van der Waals surface area contributed by atoms with Crippen LogP contribution in [-0.2, 0) is 15.7 Å². The van der Waals surface area contributed by atoms with Crippen LogP contribution in [0.15, 0.2) is 34.9 Å². The molecule has 34 heavy (non-hydrogen) atoms. The van der Waals surface area contributed by atoms with Crippen molar-refractivity contribution in [2.75, 3.05) is 19.7 Å². The maximum absolute atomic E-state index is 13.5. The summed E-state index contributed by atoms with van der Waals surface area (Å²) in [5.41, 5.74) is -2.60. The van der Waals surface area contributed by atoms with Crippen LogP contribution in [-0.4, -0.2) is 52.8 Å². The van der Waals surface area contributed by atoms with Crippen LogP contribution in [0.2, 0.25) is 0 Å². The van der Waals surface area contributed by atoms with E-state index in [0.29, 0.717) is 0 Å². The molecule has 0 aliphatic carbocycles. The molecule has 182 valence electrons. The minimum absolute atomic E-state index is 0.0737. The molecule has 0 fully saturated rings. The fourth-order valence-electron chi connectivity index (χ4n) is 3.30. The fraction of sp³-hybridized carbons (Fsp3) is 0.333. The maximum Gasteiger partial charge on any atom is 0.417 e. The average molecular weight is 489 g/mol. The second-order valence-electron chi connectivity index (χ2n) is 7.13. The molecule has 1 aromatic carbocycles. The first-order chi connectivity index (χ1) is 15.8. The van der Waals surface area contributed by atoms with Crippen LogP contribution in [0.5, 0.6) is 0 Å². The number of alkyl halides is 6. The Morgan fingerprint density at radius 2 is 1.79 bits per heavy atom. The largest absolute Gasteiger partial charge is 0.465 e. The number of amides is 1. The topological polar surface area (TPSA) is 85.5 Å². The van der Waals surface area contributed by atoms with Crippen LogP contribution in [0.4, 0.5) is 26.3 Å². The molecule has 2 aromatic heterocycles. The molecule has 0 spiro atoms. The van der Waals surface area contributed by atoms with E-state index in [9.17, 15) is 35.9 Å². The molecular weight excluding hydrogens is 472 g/mol. The van der Waals surface area contributed by atoms with Gasteiger partial charge in [0, 0.05) is 5.56 Å². The Balaban J connectivity index is 2.19. The van der Waals surface area contributed by atoms with Crippen LogP contribution >= 0.6 is 0 Å². The predicted octanol–water partition coefficient (Wildman–Crippen LogP) is 4.78. The quantitative estimate of drug-likeness (QED) is 0.366. The number of carbonyl (C=O) groups excluding carboxylic acids is 2. The summed E-state index contributed by atoms with van der Waals surface area (Å²) < 4.78 is 89.7. The Kier molecular flexibility index (Phi) is 6.84. The second-order valence-corrected chi connectivity index (χ2v) is 7.13. The van der Waals surface area contributed by atoms with Gasteiger partial charge in [0.15, 0.2) is 0 Å². The van der Waals surface area contributed by atoms with E-state index in [-0.39, 0.29) is 34.0 Å². The zero-order valence-electron chi connectivity index (χ0n) is 17.8. The van der Waals surface area contributed by atoms with Gasteiger partial charge in [0.05, 0.1) is 34.5 Å². The highest BCUT2D eigenvalue weighted by atomic mass is 19.4. The molecule has 0 aliphatic rings. The summed E-state index contributed by atoms with van der Waals surface area (Å²) in [6.45, 7) is -0.143. The summed E-state index contributed by atoms with van der Waals surface area (Å²) in [5, 5.41) is 3.54. The summed E-state index contributed by atoms with van der Waals surface area (Å²) in [4.78, 5) is 29.2. The third kappa shape index (κ3) is 5.46. The number of hydrogen-bond acceptors (Lipinski definition) is 6. The number of halogens is 6. The molecule has 2 heterocycles. The molecule has 0 aliphatic heterocycles. The molecule has 3 aromatic rings. The maximum atomic E-state index is 13.5. The van der Waals surface area contributed by atoms with Crippen LogP contribution in [0.1, 0.15) is 28.5 Å². The number of fused-ring (bicyclic) bond motifs is 1. The van der Waals surface area contributed by atoms with E-state index in [2.05, 4.69) is 14.9 Å². The van der Waals surface area contributed by atoms with E-state index in [4.69, 9.17) is 4.52 Å². The number of aryl methyl sites for hydroxylation is 1. The van der Waals surface area contributed by atoms with Gasteiger partial charge in [0.1, 0.15) is 13.1 Å². The lowest BCUT2D eigenvalue weighted by atomic mass is 10.00. The number of rotatable bonds is 6. The number of esters is 1. The van der Waals surface area contributed by atoms with Crippen LogP contribution in [0.25, 0.3) is 22.4 Å². The average Bonchev–Trinajstić information content (AvgIpc) is 3.11. The van der Waals surface area contributed by atoms with Crippen molar-refractivity contribution in [2.45, 2.75) is 26.2 Å². The van der Waals surface area contributed by atoms with E-state index in [1.807, 2.05) is 0 Å². The molecule has 0 saturated heterocycles. The van der Waals surface area contributed by atoms with E-state index < -0.39 is 54.0 Å². The van der Waals surface area contributed by atoms with Gasteiger partial charge in [-0.2, -0.15) is 26.3 Å². The predicted molar refractivity (Wildman–Crippen MR) is 106 cm³/mol. The van der Waals surface area contributed by atoms with Gasteiger partial charge in [-0.1, -0.05) is 23.4 Å². The van der Waals surface area contributed by atoms with Crippen LogP contribution in [0.3, 0.4) is 0 Å². The Hall–Kier alpha value is -3.64. The lowest BCUT2D eigenvalue weighted by molar-refractivity contribution is -0.153. The summed E-state index contributed by atoms with van der Waals surface area (Å²) in [6.07, 6.45) is -9.65. The van der Waals surface area contributed by atoms with Crippen molar-refractivity contribution in [1.29, 1.82) is 0 Å². The lowest BCUT2D eigenvalue weighted by Crippen LogP contribution is -2.42. The molecule has 1 amide bonds. The first-order valence-corrected chi connectivity index (χ1v) is 9.77. The highest BCUT2D eigenvalue weighted by Crippen LogP contribution is 2.38. The number of hydrogen-bond donors (Lipinski definition) is 0. The molecule has 0 bridgehead atoms. The zero-order chi connectivity index (χ0) is 25.3. The van der Waals surface area contributed by atoms with Crippen molar-refractivity contribution in [2.24, 2.45) is 0 Å². The van der Waals surface area contributed by atoms with Crippen LogP contribution in [0, 0.1) is 6.92 Å². The second kappa shape index (κ2) is 9.31. The highest BCUT2D eigenvalue weighted by Gasteiger charge is 2.37. The molecule has 0 atom stereocenters. The molecular formula is C21H17F6N3O4. The number of aromatic nitrogens is 2. The molecule has 0 saturated carbocycles. The van der Waals surface area contributed by atoms with Gasteiger partial charge in [-0.05, 0) is 26.0 Å². The molecule has 0 N–H and O–H groups in total. The standard InChI is InChI=1S/C21H17F6N3O4/c1-3-33-16(31)9-30(10-20(22,23)24)19(32)13-8-15(28-18-17(13)11(2)29-34-18)12-6-4-5-7-14(12)21(25,26)27/h4-8H,3,9-10H2,1-2H3. The summed E-state index contributed by atoms with van der Waals surface area (Å²) >= 11 is 0. The van der Waals surface area contributed by atoms with Crippen molar-refractivity contribution >= 4 is 23.0 Å². The first kappa shape index (κ1) is 25.0. The molecule has 13 heteroatoms. The molecule has 7 nitrogen and oxygen atoms in total. The summed E-state index contributed by atoms with van der Waals surface area (Å²) in [7, 11) is 0. The van der Waals surface area contributed by atoms with E-state index in [1.165, 1.54) is 19.9 Å². The molecule has 0 unspecified atom stereocenters. The number of nitrogens with zero attached hydrogens (tertiary/aromatic N) is 3. The van der Waals surface area contributed by atoms with Crippen molar-refractivity contribution in [3.05, 3.63) is 47.2 Å². The first-order valence-electron chi connectivity index (χ1n) is 9.77. The third-order valence-corrected chi connectivity index (χ3v) is 4.64. The monoisotopic (exact) mass is 489 g/mol. The SMILES string of the molecule is CCOC(=O)CN(CC(F)(F)F)C(=O)c1cc(-c2ccccc2C(F)(F)F)nc2onc(C)c12. The number of carbonyl (C=O) groups is 2. The van der Waals surface area contributed by atoms with E-state index in [1.54, 1.807) is 0 Å². The van der Waals surface area contributed by atoms with E-state index in [0.717, 1.165) is 24.3 Å². The summed E-state index contributed by atoms with van der Waals surface area (Å²) in [6, 6.07) is 5.28. The lowest BCUT2D eigenvalue weighted by Gasteiger charge is -2.23. The van der Waals surface area contributed by atoms with Gasteiger partial charge >= 0.3 is 18.3 Å². The van der Waals surface area contributed by atoms with Crippen molar-refractivity contribution in [3.63, 3.8) is 0 Å². The van der Waals surface area contributed by atoms with Gasteiger partial charge in [-0.15, -0.1) is 0 Å². The van der Waals surface area contributed by atoms with Crippen LogP contribution < -0.4 is 0 Å². The third-order valence-electron chi connectivity index (χ3n) is 4.64. The Morgan fingerprint density at radius 3 is 2.41 bits per heavy atom. The van der Waals surface area contributed by atoms with Crippen molar-refractivity contribution in [1.82, 2.24) is 15.0 Å². The normalized spacial score (nSPS) is 12.1.